The van der Waals surface area contributed by atoms with Gasteiger partial charge in [0.05, 0.1) is 31.7 Å². The minimum absolute atomic E-state index is 0.0707. The Morgan fingerprint density at radius 1 is 1.42 bits per heavy atom. The van der Waals surface area contributed by atoms with E-state index in [0.29, 0.717) is 18.1 Å². The fourth-order valence-electron chi connectivity index (χ4n) is 1.31. The van der Waals surface area contributed by atoms with Crippen LogP contribution in [0.15, 0.2) is 35.2 Å². The molecule has 7 nitrogen and oxygen atoms in total. The molecule has 0 bridgehead atoms. The zero-order valence-electron chi connectivity index (χ0n) is 9.96. The van der Waals surface area contributed by atoms with E-state index in [9.17, 15) is 4.79 Å². The first kappa shape index (κ1) is 12.6. The van der Waals surface area contributed by atoms with Crippen LogP contribution in [0.5, 0.6) is 0 Å². The largest absolute Gasteiger partial charge is 0.467 e. The third kappa shape index (κ3) is 3.81. The number of hydrogen-bond donors (Lipinski definition) is 2. The van der Waals surface area contributed by atoms with E-state index in [-0.39, 0.29) is 18.1 Å². The molecule has 2 aromatic heterocycles. The fourth-order valence-corrected chi connectivity index (χ4v) is 1.31. The van der Waals surface area contributed by atoms with Crippen molar-refractivity contribution >= 4 is 11.7 Å². The van der Waals surface area contributed by atoms with Gasteiger partial charge in [-0.3, -0.25) is 4.79 Å². The zero-order valence-corrected chi connectivity index (χ0v) is 9.96. The van der Waals surface area contributed by atoms with Gasteiger partial charge in [-0.1, -0.05) is 0 Å². The summed E-state index contributed by atoms with van der Waals surface area (Å²) in [6.45, 7) is 0.411. The average Bonchev–Trinajstić information content (AvgIpc) is 2.96. The molecule has 2 heterocycles. The molecule has 0 aliphatic rings. The number of nitriles is 1. The fraction of sp³-hybridized carbons (Fsp3) is 0.167. The van der Waals surface area contributed by atoms with Crippen molar-refractivity contribution in [1.29, 1.82) is 5.26 Å². The molecule has 7 heteroatoms. The van der Waals surface area contributed by atoms with E-state index in [1.54, 1.807) is 18.4 Å². The second kappa shape index (κ2) is 6.16. The highest BCUT2D eigenvalue weighted by molar-refractivity contribution is 5.80. The first-order chi connectivity index (χ1) is 9.28. The highest BCUT2D eigenvalue weighted by Crippen LogP contribution is 2.00. The Hall–Kier alpha value is -2.88. The summed E-state index contributed by atoms with van der Waals surface area (Å²) in [6.07, 6.45) is 4.29. The molecule has 96 valence electrons. The molecule has 0 unspecified atom stereocenters. The molecule has 0 spiro atoms. The Labute approximate surface area is 109 Å². The molecule has 0 radical (unpaired) electrons. The normalized spacial score (nSPS) is 9.63. The summed E-state index contributed by atoms with van der Waals surface area (Å²) in [6, 6.07) is 5.40. The van der Waals surface area contributed by atoms with Crippen LogP contribution in [0, 0.1) is 11.3 Å². The van der Waals surface area contributed by atoms with Crippen LogP contribution in [0.2, 0.25) is 0 Å². The highest BCUT2D eigenvalue weighted by Gasteiger charge is 2.03. The lowest BCUT2D eigenvalue weighted by atomic mass is 10.4. The summed E-state index contributed by atoms with van der Waals surface area (Å²) < 4.78 is 5.08. The molecule has 19 heavy (non-hydrogen) atoms. The summed E-state index contributed by atoms with van der Waals surface area (Å²) in [5.74, 6) is 0.932. The monoisotopic (exact) mass is 257 g/mol. The van der Waals surface area contributed by atoms with Crippen molar-refractivity contribution in [3.05, 3.63) is 42.2 Å². The van der Waals surface area contributed by atoms with Crippen LogP contribution in [0.4, 0.5) is 5.82 Å². The Bertz CT molecular complexity index is 571. The van der Waals surface area contributed by atoms with Crippen LogP contribution in [0.3, 0.4) is 0 Å². The third-order valence-electron chi connectivity index (χ3n) is 2.24. The molecule has 0 saturated heterocycles. The smallest absolute Gasteiger partial charge is 0.239 e. The molecule has 0 fully saturated rings. The lowest BCUT2D eigenvalue weighted by Crippen LogP contribution is -2.29. The van der Waals surface area contributed by atoms with Crippen LogP contribution in [-0.2, 0) is 11.3 Å². The predicted molar refractivity (Wildman–Crippen MR) is 65.8 cm³/mol. The Morgan fingerprint density at radius 3 is 2.95 bits per heavy atom. The van der Waals surface area contributed by atoms with Gasteiger partial charge < -0.3 is 15.1 Å². The maximum Gasteiger partial charge on any atom is 0.239 e. The molecule has 2 N–H and O–H groups in total. The second-order valence-electron chi connectivity index (χ2n) is 3.61. The minimum Gasteiger partial charge on any atom is -0.467 e. The number of hydrogen-bond acceptors (Lipinski definition) is 6. The van der Waals surface area contributed by atoms with E-state index >= 15 is 0 Å². The van der Waals surface area contributed by atoms with Gasteiger partial charge in [-0.25, -0.2) is 9.97 Å². The summed E-state index contributed by atoms with van der Waals surface area (Å²) in [5, 5.41) is 14.0. The lowest BCUT2D eigenvalue weighted by molar-refractivity contribution is -0.119. The van der Waals surface area contributed by atoms with Crippen LogP contribution >= 0.6 is 0 Å². The number of carbonyl (C=O) groups is 1. The minimum atomic E-state index is -0.192. The molecule has 2 rings (SSSR count). The van der Waals surface area contributed by atoms with Crippen molar-refractivity contribution in [3.63, 3.8) is 0 Å². The van der Waals surface area contributed by atoms with Crippen molar-refractivity contribution in [1.82, 2.24) is 15.3 Å². The lowest BCUT2D eigenvalue weighted by Gasteiger charge is -2.05. The van der Waals surface area contributed by atoms with E-state index in [0.717, 1.165) is 0 Å². The standard InChI is InChI=1S/C12H11N5O2/c13-4-9-5-15-11(7-14-9)16-8-12(18)17-6-10-2-1-3-19-10/h1-3,5,7H,6,8H2,(H,15,16)(H,17,18). The summed E-state index contributed by atoms with van der Waals surface area (Å²) in [5.41, 5.74) is 0.229. The van der Waals surface area contributed by atoms with Gasteiger partial charge in [-0.2, -0.15) is 5.26 Å². The Balaban J connectivity index is 1.75. The van der Waals surface area contributed by atoms with Gasteiger partial charge in [-0.05, 0) is 12.1 Å². The van der Waals surface area contributed by atoms with Gasteiger partial charge >= 0.3 is 0 Å². The molecule has 0 saturated carbocycles. The van der Waals surface area contributed by atoms with E-state index in [2.05, 4.69) is 20.6 Å². The van der Waals surface area contributed by atoms with Gasteiger partial charge in [0.1, 0.15) is 17.6 Å². The first-order valence-electron chi connectivity index (χ1n) is 5.53. The summed E-state index contributed by atoms with van der Waals surface area (Å²) in [7, 11) is 0. The molecule has 1 amide bonds. The van der Waals surface area contributed by atoms with E-state index < -0.39 is 0 Å². The van der Waals surface area contributed by atoms with Crippen LogP contribution in [0.25, 0.3) is 0 Å². The van der Waals surface area contributed by atoms with Gasteiger partial charge in [0.2, 0.25) is 5.91 Å². The van der Waals surface area contributed by atoms with Crippen molar-refractivity contribution < 1.29 is 9.21 Å². The van der Waals surface area contributed by atoms with Gasteiger partial charge in [-0.15, -0.1) is 0 Å². The number of carbonyl (C=O) groups excluding carboxylic acids is 1. The van der Waals surface area contributed by atoms with Crippen molar-refractivity contribution in [3.8, 4) is 6.07 Å². The molecule has 0 aliphatic carbocycles. The number of aromatic nitrogens is 2. The topological polar surface area (TPSA) is 104 Å². The van der Waals surface area contributed by atoms with Gasteiger partial charge in [0.15, 0.2) is 5.69 Å². The van der Waals surface area contributed by atoms with Crippen LogP contribution in [-0.4, -0.2) is 22.4 Å². The van der Waals surface area contributed by atoms with Crippen molar-refractivity contribution in [2.45, 2.75) is 6.54 Å². The van der Waals surface area contributed by atoms with Crippen LogP contribution in [0.1, 0.15) is 11.5 Å². The number of anilines is 1. The molecule has 0 aliphatic heterocycles. The molecule has 0 atom stereocenters. The van der Waals surface area contributed by atoms with Gasteiger partial charge in [0.25, 0.3) is 0 Å². The number of amides is 1. The molecule has 2 aromatic rings. The molecular weight excluding hydrogens is 246 g/mol. The number of nitrogens with zero attached hydrogens (tertiary/aromatic N) is 3. The van der Waals surface area contributed by atoms with Crippen molar-refractivity contribution in [2.75, 3.05) is 11.9 Å². The Morgan fingerprint density at radius 2 is 2.32 bits per heavy atom. The Kier molecular flexibility index (Phi) is 4.08. The summed E-state index contributed by atoms with van der Waals surface area (Å²) in [4.78, 5) is 19.3. The predicted octanol–water partition coefficient (Wildman–Crippen LogP) is 0.670. The number of furan rings is 1. The maximum absolute atomic E-state index is 11.5. The van der Waals surface area contributed by atoms with Crippen molar-refractivity contribution in [2.24, 2.45) is 0 Å². The quantitative estimate of drug-likeness (QED) is 0.815. The second-order valence-corrected chi connectivity index (χ2v) is 3.61. The van der Waals surface area contributed by atoms with E-state index in [1.807, 2.05) is 6.07 Å². The average molecular weight is 257 g/mol. The SMILES string of the molecule is N#Cc1cnc(NCC(=O)NCc2ccco2)cn1. The highest BCUT2D eigenvalue weighted by atomic mass is 16.3. The van der Waals surface area contributed by atoms with Gasteiger partial charge in [0, 0.05) is 0 Å². The van der Waals surface area contributed by atoms with Crippen LogP contribution < -0.4 is 10.6 Å². The maximum atomic E-state index is 11.5. The number of rotatable bonds is 5. The third-order valence-corrected chi connectivity index (χ3v) is 2.24. The molecule has 0 aromatic carbocycles. The molecular formula is C12H11N5O2. The van der Waals surface area contributed by atoms with E-state index in [1.165, 1.54) is 12.4 Å². The first-order valence-corrected chi connectivity index (χ1v) is 5.53. The zero-order chi connectivity index (χ0) is 13.5. The summed E-state index contributed by atoms with van der Waals surface area (Å²) >= 11 is 0. The van der Waals surface area contributed by atoms with E-state index in [4.69, 9.17) is 9.68 Å². The number of nitrogens with one attached hydrogen (secondary N) is 2.